The molecule has 0 aliphatic rings. The first kappa shape index (κ1) is 16.1. The van der Waals surface area contributed by atoms with Crippen LogP contribution in [-0.2, 0) is 14.3 Å². The fraction of sp³-hybridized carbons (Fsp3) is 0.500. The number of anilines is 1. The molecule has 1 rings (SSSR count). The number of hydrogen-bond acceptors (Lipinski definition) is 6. The molecule has 8 heteroatoms. The summed E-state index contributed by atoms with van der Waals surface area (Å²) in [6.07, 6.45) is 0.138. The van der Waals surface area contributed by atoms with Crippen molar-refractivity contribution in [1.29, 1.82) is 0 Å². The Morgan fingerprint density at radius 1 is 1.45 bits per heavy atom. The Morgan fingerprint density at radius 3 is 2.75 bits per heavy atom. The number of hydrogen-bond donors (Lipinski definition) is 1. The number of thiazole rings is 1. The maximum absolute atomic E-state index is 12.0. The Kier molecular flexibility index (Phi) is 6.10. The van der Waals surface area contributed by atoms with Gasteiger partial charge in [0.15, 0.2) is 5.13 Å². The Bertz CT molecular complexity index is 501. The van der Waals surface area contributed by atoms with Crippen LogP contribution in [0.4, 0.5) is 5.13 Å². The second-order valence-corrected chi connectivity index (χ2v) is 4.86. The lowest BCUT2D eigenvalue weighted by Gasteiger charge is -2.15. The number of amides is 2. The van der Waals surface area contributed by atoms with Crippen molar-refractivity contribution in [2.45, 2.75) is 20.3 Å². The van der Waals surface area contributed by atoms with Crippen molar-refractivity contribution in [3.05, 3.63) is 11.1 Å². The number of rotatable bonds is 6. The molecule has 110 valence electrons. The van der Waals surface area contributed by atoms with Gasteiger partial charge in [-0.25, -0.2) is 4.98 Å². The molecule has 1 aromatic rings. The summed E-state index contributed by atoms with van der Waals surface area (Å²) in [6.45, 7) is 3.67. The van der Waals surface area contributed by atoms with Crippen LogP contribution in [0.3, 0.4) is 0 Å². The van der Waals surface area contributed by atoms with E-state index in [4.69, 9.17) is 4.74 Å². The van der Waals surface area contributed by atoms with E-state index in [9.17, 15) is 14.4 Å². The van der Waals surface area contributed by atoms with Crippen molar-refractivity contribution in [2.24, 2.45) is 0 Å². The minimum absolute atomic E-state index is 0.138. The first-order chi connectivity index (χ1) is 9.43. The highest BCUT2D eigenvalue weighted by molar-refractivity contribution is 7.14. The minimum Gasteiger partial charge on any atom is -0.466 e. The van der Waals surface area contributed by atoms with Crippen molar-refractivity contribution >= 4 is 34.3 Å². The van der Waals surface area contributed by atoms with Gasteiger partial charge in [0.2, 0.25) is 5.91 Å². The largest absolute Gasteiger partial charge is 0.466 e. The highest BCUT2D eigenvalue weighted by Crippen LogP contribution is 2.16. The van der Waals surface area contributed by atoms with E-state index in [1.807, 2.05) is 0 Å². The maximum Gasteiger partial charge on any atom is 0.307 e. The SMILES string of the molecule is CCOC(=O)CCN(C)C(=O)c1csc(NC(C)=O)n1. The quantitative estimate of drug-likeness (QED) is 0.795. The maximum atomic E-state index is 12.0. The monoisotopic (exact) mass is 299 g/mol. The third-order valence-electron chi connectivity index (χ3n) is 2.31. The first-order valence-corrected chi connectivity index (χ1v) is 6.96. The zero-order valence-electron chi connectivity index (χ0n) is 11.6. The molecule has 0 saturated heterocycles. The Hall–Kier alpha value is -1.96. The lowest BCUT2D eigenvalue weighted by atomic mass is 10.3. The van der Waals surface area contributed by atoms with Gasteiger partial charge in [0.25, 0.3) is 5.91 Å². The van der Waals surface area contributed by atoms with E-state index in [0.29, 0.717) is 11.7 Å². The minimum atomic E-state index is -0.343. The smallest absolute Gasteiger partial charge is 0.307 e. The Labute approximate surface area is 120 Å². The Balaban J connectivity index is 2.53. The molecule has 0 fully saturated rings. The van der Waals surface area contributed by atoms with Gasteiger partial charge >= 0.3 is 5.97 Å². The van der Waals surface area contributed by atoms with Gasteiger partial charge in [0, 0.05) is 25.9 Å². The molecular formula is C12H17N3O4S. The summed E-state index contributed by atoms with van der Waals surface area (Å²) in [7, 11) is 1.58. The summed E-state index contributed by atoms with van der Waals surface area (Å²) in [6, 6.07) is 0. The molecule has 0 unspecified atom stereocenters. The van der Waals surface area contributed by atoms with Crippen molar-refractivity contribution < 1.29 is 19.1 Å². The second-order valence-electron chi connectivity index (χ2n) is 4.00. The van der Waals surface area contributed by atoms with Crippen LogP contribution in [-0.4, -0.2) is 47.9 Å². The number of carbonyl (C=O) groups is 3. The molecule has 1 N–H and O–H groups in total. The molecule has 7 nitrogen and oxygen atoms in total. The van der Waals surface area contributed by atoms with Gasteiger partial charge in [0.05, 0.1) is 13.0 Å². The zero-order chi connectivity index (χ0) is 15.1. The van der Waals surface area contributed by atoms with Gasteiger partial charge in [-0.1, -0.05) is 0 Å². The van der Waals surface area contributed by atoms with Crippen LogP contribution in [0, 0.1) is 0 Å². The molecule has 1 heterocycles. The van der Waals surface area contributed by atoms with E-state index in [2.05, 4.69) is 10.3 Å². The molecular weight excluding hydrogens is 282 g/mol. The summed E-state index contributed by atoms with van der Waals surface area (Å²) in [5, 5.41) is 4.45. The molecule has 0 bridgehead atoms. The lowest BCUT2D eigenvalue weighted by Crippen LogP contribution is -2.29. The van der Waals surface area contributed by atoms with E-state index < -0.39 is 0 Å². The second kappa shape index (κ2) is 7.59. The van der Waals surface area contributed by atoms with Crippen molar-refractivity contribution in [1.82, 2.24) is 9.88 Å². The summed E-state index contributed by atoms with van der Waals surface area (Å²) < 4.78 is 4.79. The molecule has 0 spiro atoms. The molecule has 0 radical (unpaired) electrons. The van der Waals surface area contributed by atoms with Crippen molar-refractivity contribution in [3.8, 4) is 0 Å². The number of nitrogens with zero attached hydrogens (tertiary/aromatic N) is 2. The van der Waals surface area contributed by atoms with E-state index in [0.717, 1.165) is 0 Å². The van der Waals surface area contributed by atoms with Gasteiger partial charge in [-0.3, -0.25) is 14.4 Å². The van der Waals surface area contributed by atoms with Crippen LogP contribution in [0.15, 0.2) is 5.38 Å². The first-order valence-electron chi connectivity index (χ1n) is 6.08. The average Bonchev–Trinajstić information content (AvgIpc) is 2.83. The van der Waals surface area contributed by atoms with Crippen LogP contribution in [0.25, 0.3) is 0 Å². The fourth-order valence-corrected chi connectivity index (χ4v) is 2.10. The van der Waals surface area contributed by atoms with Crippen LogP contribution in [0.2, 0.25) is 0 Å². The average molecular weight is 299 g/mol. The van der Waals surface area contributed by atoms with E-state index >= 15 is 0 Å². The van der Waals surface area contributed by atoms with E-state index in [1.54, 1.807) is 19.4 Å². The number of nitrogens with one attached hydrogen (secondary N) is 1. The summed E-state index contributed by atoms with van der Waals surface area (Å²) >= 11 is 1.17. The van der Waals surface area contributed by atoms with Crippen LogP contribution in [0.5, 0.6) is 0 Å². The highest BCUT2D eigenvalue weighted by atomic mass is 32.1. The molecule has 0 atom stereocenters. The summed E-state index contributed by atoms with van der Waals surface area (Å²) in [4.78, 5) is 39.5. The Morgan fingerprint density at radius 2 is 2.15 bits per heavy atom. The lowest BCUT2D eigenvalue weighted by molar-refractivity contribution is -0.143. The standard InChI is InChI=1S/C12H17N3O4S/c1-4-19-10(17)5-6-15(3)11(18)9-7-20-12(14-9)13-8(2)16/h7H,4-6H2,1-3H3,(H,13,14,16). The van der Waals surface area contributed by atoms with Crippen molar-refractivity contribution in [3.63, 3.8) is 0 Å². The normalized spacial score (nSPS) is 9.95. The number of ether oxygens (including phenoxy) is 1. The molecule has 20 heavy (non-hydrogen) atoms. The summed E-state index contributed by atoms with van der Waals surface area (Å²) in [5.41, 5.74) is 0.241. The van der Waals surface area contributed by atoms with Crippen molar-refractivity contribution in [2.75, 3.05) is 25.5 Å². The van der Waals surface area contributed by atoms with Gasteiger partial charge < -0.3 is 15.0 Å². The summed E-state index contributed by atoms with van der Waals surface area (Å²) in [5.74, 6) is -0.888. The van der Waals surface area contributed by atoms with E-state index in [1.165, 1.54) is 23.2 Å². The zero-order valence-corrected chi connectivity index (χ0v) is 12.5. The van der Waals surface area contributed by atoms with Gasteiger partial charge in [-0.15, -0.1) is 11.3 Å². The molecule has 0 aliphatic heterocycles. The number of esters is 1. The van der Waals surface area contributed by atoms with Crippen LogP contribution < -0.4 is 5.32 Å². The van der Waals surface area contributed by atoms with Gasteiger partial charge in [0.1, 0.15) is 5.69 Å². The predicted octanol–water partition coefficient (Wildman–Crippen LogP) is 1.13. The van der Waals surface area contributed by atoms with Crippen LogP contribution in [0.1, 0.15) is 30.8 Å². The molecule has 2 amide bonds. The molecule has 0 saturated carbocycles. The predicted molar refractivity (Wildman–Crippen MR) is 74.6 cm³/mol. The van der Waals surface area contributed by atoms with Crippen LogP contribution >= 0.6 is 11.3 Å². The molecule has 1 aromatic heterocycles. The van der Waals surface area contributed by atoms with Gasteiger partial charge in [-0.2, -0.15) is 0 Å². The third-order valence-corrected chi connectivity index (χ3v) is 3.07. The number of aromatic nitrogens is 1. The number of carbonyl (C=O) groups excluding carboxylic acids is 3. The van der Waals surface area contributed by atoms with Gasteiger partial charge in [-0.05, 0) is 6.92 Å². The van der Waals surface area contributed by atoms with E-state index in [-0.39, 0.29) is 36.4 Å². The fourth-order valence-electron chi connectivity index (χ4n) is 1.37. The third kappa shape index (κ3) is 4.96. The highest BCUT2D eigenvalue weighted by Gasteiger charge is 2.16. The molecule has 0 aliphatic carbocycles. The topological polar surface area (TPSA) is 88.6 Å². The molecule has 0 aromatic carbocycles.